The van der Waals surface area contributed by atoms with E-state index in [9.17, 15) is 9.59 Å². The highest BCUT2D eigenvalue weighted by molar-refractivity contribution is 6.29. The van der Waals surface area contributed by atoms with Crippen LogP contribution in [0.1, 0.15) is 103 Å². The van der Waals surface area contributed by atoms with E-state index in [-0.39, 0.29) is 12.1 Å². The first-order chi connectivity index (χ1) is 14.7. The lowest BCUT2D eigenvalue weighted by molar-refractivity contribution is -0.240. The van der Waals surface area contributed by atoms with Crippen molar-refractivity contribution in [3.63, 3.8) is 0 Å². The normalized spacial score (nSPS) is 30.7. The van der Waals surface area contributed by atoms with E-state index in [0.717, 1.165) is 38.8 Å². The molecular formula is C24H40N2O4. The molecule has 0 aromatic heterocycles. The summed E-state index contributed by atoms with van der Waals surface area (Å²) in [5.74, 6) is -0.516. The van der Waals surface area contributed by atoms with Crippen LogP contribution in [0.5, 0.6) is 0 Å². The zero-order chi connectivity index (χ0) is 20.8. The second-order valence-electron chi connectivity index (χ2n) is 9.96. The van der Waals surface area contributed by atoms with Crippen LogP contribution < -0.4 is 0 Å². The number of hydroxylamine groups is 4. The fraction of sp³-hybridized carbons (Fsp3) is 0.917. The van der Waals surface area contributed by atoms with Crippen LogP contribution >= 0.6 is 0 Å². The molecule has 6 heteroatoms. The largest absolute Gasteiger partial charge is 0.438 e. The number of rotatable bonds is 4. The quantitative estimate of drug-likeness (QED) is 0.611. The third kappa shape index (κ3) is 5.56. The van der Waals surface area contributed by atoms with Crippen LogP contribution in [0.3, 0.4) is 0 Å². The molecule has 0 N–H and O–H groups in total. The summed E-state index contributed by atoms with van der Waals surface area (Å²) in [6, 6.07) is 0.529. The van der Waals surface area contributed by atoms with Crippen LogP contribution in [0.15, 0.2) is 0 Å². The smallest absolute Gasteiger partial charge is 0.359 e. The summed E-state index contributed by atoms with van der Waals surface area (Å²) in [5, 5.41) is 3.63. The molecule has 2 saturated carbocycles. The monoisotopic (exact) mass is 420 g/mol. The van der Waals surface area contributed by atoms with E-state index in [1.807, 2.05) is 10.1 Å². The molecule has 0 bridgehead atoms. The number of nitrogens with zero attached hydrogens (tertiary/aromatic N) is 2. The Balaban J connectivity index is 1.32. The Morgan fingerprint density at radius 1 is 0.500 bits per heavy atom. The predicted octanol–water partition coefficient (Wildman–Crippen LogP) is 4.77. The van der Waals surface area contributed by atoms with Crippen molar-refractivity contribution in [1.82, 2.24) is 10.1 Å². The highest BCUT2D eigenvalue weighted by atomic mass is 16.8. The van der Waals surface area contributed by atoms with E-state index in [2.05, 4.69) is 0 Å². The SMILES string of the molecule is O=C(ON1CCCCC1C1CCCCC1)C(=O)ON1CCCCC1C1CCCCC1. The van der Waals surface area contributed by atoms with Crippen molar-refractivity contribution in [2.24, 2.45) is 11.8 Å². The third-order valence-corrected chi connectivity index (χ3v) is 7.95. The van der Waals surface area contributed by atoms with Crippen molar-refractivity contribution in [2.45, 2.75) is 115 Å². The number of hydrogen-bond acceptors (Lipinski definition) is 6. The van der Waals surface area contributed by atoms with Gasteiger partial charge in [0.05, 0.1) is 0 Å². The van der Waals surface area contributed by atoms with Crippen LogP contribution in [0, 0.1) is 11.8 Å². The number of carbonyl (C=O) groups is 2. The van der Waals surface area contributed by atoms with Crippen LogP contribution in [0.25, 0.3) is 0 Å². The van der Waals surface area contributed by atoms with Crippen molar-refractivity contribution >= 4 is 11.9 Å². The third-order valence-electron chi connectivity index (χ3n) is 7.95. The number of carbonyl (C=O) groups excluding carboxylic acids is 2. The van der Waals surface area contributed by atoms with Crippen molar-refractivity contribution in [3.05, 3.63) is 0 Å². The van der Waals surface area contributed by atoms with Gasteiger partial charge in [-0.25, -0.2) is 9.59 Å². The molecule has 2 saturated heterocycles. The second-order valence-corrected chi connectivity index (χ2v) is 9.96. The Morgan fingerprint density at radius 2 is 0.867 bits per heavy atom. The number of hydrogen-bond donors (Lipinski definition) is 0. The lowest BCUT2D eigenvalue weighted by Gasteiger charge is -2.41. The maximum absolute atomic E-state index is 12.6. The van der Waals surface area contributed by atoms with Gasteiger partial charge in [-0.05, 0) is 63.2 Å². The van der Waals surface area contributed by atoms with E-state index in [1.165, 1.54) is 77.0 Å². The van der Waals surface area contributed by atoms with Crippen LogP contribution in [-0.2, 0) is 19.3 Å². The molecule has 0 amide bonds. The van der Waals surface area contributed by atoms with Crippen molar-refractivity contribution in [2.75, 3.05) is 13.1 Å². The molecule has 30 heavy (non-hydrogen) atoms. The molecule has 0 spiro atoms. The van der Waals surface area contributed by atoms with Crippen LogP contribution in [0.2, 0.25) is 0 Å². The molecule has 2 atom stereocenters. The number of piperidine rings is 2. The minimum atomic E-state index is -0.842. The maximum atomic E-state index is 12.6. The molecule has 6 nitrogen and oxygen atoms in total. The van der Waals surface area contributed by atoms with Crippen molar-refractivity contribution in [1.29, 1.82) is 0 Å². The minimum Gasteiger partial charge on any atom is -0.359 e. The predicted molar refractivity (Wildman–Crippen MR) is 114 cm³/mol. The lowest BCUT2D eigenvalue weighted by atomic mass is 9.81. The summed E-state index contributed by atoms with van der Waals surface area (Å²) in [4.78, 5) is 36.5. The molecule has 4 aliphatic rings. The molecule has 0 aromatic carbocycles. The Hall–Kier alpha value is -1.14. The Labute approximate surface area is 181 Å². The topological polar surface area (TPSA) is 59.1 Å². The van der Waals surface area contributed by atoms with Gasteiger partial charge in [0, 0.05) is 25.2 Å². The molecule has 170 valence electrons. The Bertz CT molecular complexity index is 522. The van der Waals surface area contributed by atoms with Gasteiger partial charge in [-0.1, -0.05) is 51.4 Å². The summed E-state index contributed by atoms with van der Waals surface area (Å²) in [6.45, 7) is 1.46. The first kappa shape index (κ1) is 22.1. The summed E-state index contributed by atoms with van der Waals surface area (Å²) < 4.78 is 0. The summed E-state index contributed by atoms with van der Waals surface area (Å²) >= 11 is 0. The highest BCUT2D eigenvalue weighted by Gasteiger charge is 2.37. The Morgan fingerprint density at radius 3 is 1.27 bits per heavy atom. The summed E-state index contributed by atoms with van der Waals surface area (Å²) in [5.41, 5.74) is 0. The van der Waals surface area contributed by atoms with Gasteiger partial charge in [-0.15, -0.1) is 10.1 Å². The van der Waals surface area contributed by atoms with Gasteiger partial charge in [0.25, 0.3) is 0 Å². The van der Waals surface area contributed by atoms with Crippen LogP contribution in [0.4, 0.5) is 0 Å². The fourth-order valence-corrected chi connectivity index (χ4v) is 6.36. The molecular weight excluding hydrogens is 380 g/mol. The van der Waals surface area contributed by atoms with E-state index in [0.29, 0.717) is 11.8 Å². The van der Waals surface area contributed by atoms with E-state index in [1.54, 1.807) is 0 Å². The second kappa shape index (κ2) is 10.9. The molecule has 2 heterocycles. The molecule has 0 aromatic rings. The molecule has 2 unspecified atom stereocenters. The molecule has 2 aliphatic carbocycles. The first-order valence-electron chi connectivity index (χ1n) is 12.7. The molecule has 4 rings (SSSR count). The Kier molecular flexibility index (Phi) is 8.05. The van der Waals surface area contributed by atoms with Crippen molar-refractivity contribution in [3.8, 4) is 0 Å². The van der Waals surface area contributed by atoms with Gasteiger partial charge in [0.1, 0.15) is 0 Å². The van der Waals surface area contributed by atoms with Gasteiger partial charge in [-0.2, -0.15) is 0 Å². The van der Waals surface area contributed by atoms with Gasteiger partial charge in [-0.3, -0.25) is 0 Å². The zero-order valence-corrected chi connectivity index (χ0v) is 18.6. The fourth-order valence-electron chi connectivity index (χ4n) is 6.36. The average Bonchev–Trinajstić information content (AvgIpc) is 2.81. The van der Waals surface area contributed by atoms with E-state index >= 15 is 0 Å². The lowest BCUT2D eigenvalue weighted by Crippen LogP contribution is -2.49. The van der Waals surface area contributed by atoms with Crippen molar-refractivity contribution < 1.29 is 19.3 Å². The van der Waals surface area contributed by atoms with Gasteiger partial charge < -0.3 is 9.68 Å². The van der Waals surface area contributed by atoms with Gasteiger partial charge >= 0.3 is 11.9 Å². The zero-order valence-electron chi connectivity index (χ0n) is 18.6. The molecule has 0 radical (unpaired) electrons. The maximum Gasteiger partial charge on any atom is 0.438 e. The molecule has 4 fully saturated rings. The summed E-state index contributed by atoms with van der Waals surface area (Å²) in [6.07, 6.45) is 19.0. The molecule has 2 aliphatic heterocycles. The van der Waals surface area contributed by atoms with Gasteiger partial charge in [0.15, 0.2) is 0 Å². The standard InChI is InChI=1S/C24H40N2O4/c27-23(29-25-17-9-7-15-21(25)19-11-3-1-4-12-19)24(28)30-26-18-10-8-16-22(26)20-13-5-2-6-14-20/h19-22H,1-18H2. The first-order valence-corrected chi connectivity index (χ1v) is 12.7. The van der Waals surface area contributed by atoms with Crippen LogP contribution in [-0.4, -0.2) is 47.2 Å². The van der Waals surface area contributed by atoms with E-state index in [4.69, 9.17) is 9.68 Å². The highest BCUT2D eigenvalue weighted by Crippen LogP contribution is 2.35. The minimum absolute atomic E-state index is 0.265. The average molecular weight is 421 g/mol. The van der Waals surface area contributed by atoms with Gasteiger partial charge in [0.2, 0.25) is 0 Å². The summed E-state index contributed by atoms with van der Waals surface area (Å²) in [7, 11) is 0. The van der Waals surface area contributed by atoms with E-state index < -0.39 is 11.9 Å².